The molecule has 3 amide bonds. The van der Waals surface area contributed by atoms with E-state index in [-0.39, 0.29) is 23.7 Å². The van der Waals surface area contributed by atoms with E-state index in [4.69, 9.17) is 23.1 Å². The van der Waals surface area contributed by atoms with E-state index < -0.39 is 28.7 Å². The SMILES string of the molecule is NC(=O)c1nc(-c2cccc(CNC(=O)Nc3ccc(Cl)c(C(F)(F)F)c3)c2)cnc1N. The number of nitrogens with two attached hydrogens (primary N) is 2. The Labute approximate surface area is 184 Å². The number of nitrogen functional groups attached to an aromatic ring is 1. The molecular weight excluding hydrogens is 449 g/mol. The molecule has 0 aliphatic carbocycles. The highest BCUT2D eigenvalue weighted by molar-refractivity contribution is 6.31. The summed E-state index contributed by atoms with van der Waals surface area (Å²) in [6.45, 7) is 0.0600. The Morgan fingerprint density at radius 3 is 2.56 bits per heavy atom. The number of carbonyl (C=O) groups excluding carboxylic acids is 2. The molecule has 3 aromatic rings. The molecule has 6 N–H and O–H groups in total. The van der Waals surface area contributed by atoms with Crippen LogP contribution >= 0.6 is 11.6 Å². The third kappa shape index (κ3) is 5.43. The molecule has 0 saturated carbocycles. The molecule has 1 aromatic heterocycles. The van der Waals surface area contributed by atoms with E-state index in [1.165, 1.54) is 12.3 Å². The van der Waals surface area contributed by atoms with Gasteiger partial charge in [-0.3, -0.25) is 4.79 Å². The van der Waals surface area contributed by atoms with Crippen LogP contribution in [0, 0.1) is 0 Å². The third-order valence-corrected chi connectivity index (χ3v) is 4.57. The molecule has 0 atom stereocenters. The number of hydrogen-bond donors (Lipinski definition) is 4. The van der Waals surface area contributed by atoms with Gasteiger partial charge in [0.2, 0.25) is 0 Å². The number of aromatic nitrogens is 2. The standard InChI is InChI=1S/C20H16ClF3N6O2/c21-14-5-4-12(7-13(14)20(22,23)24)29-19(32)28-8-10-2-1-3-11(6-10)15-9-27-17(25)16(30-15)18(26)31/h1-7,9H,8H2,(H2,25,27)(H2,26,31)(H2,28,29,32). The lowest BCUT2D eigenvalue weighted by Gasteiger charge is -2.12. The molecule has 12 heteroatoms. The predicted molar refractivity (Wildman–Crippen MR) is 113 cm³/mol. The summed E-state index contributed by atoms with van der Waals surface area (Å²) in [5.41, 5.74) is 11.1. The van der Waals surface area contributed by atoms with Crippen LogP contribution in [-0.4, -0.2) is 21.9 Å². The number of nitrogens with one attached hydrogen (secondary N) is 2. The van der Waals surface area contributed by atoms with Gasteiger partial charge in [0, 0.05) is 17.8 Å². The topological polar surface area (TPSA) is 136 Å². The maximum atomic E-state index is 12.9. The van der Waals surface area contributed by atoms with Gasteiger partial charge >= 0.3 is 12.2 Å². The lowest BCUT2D eigenvalue weighted by Crippen LogP contribution is -2.28. The maximum Gasteiger partial charge on any atom is 0.417 e. The van der Waals surface area contributed by atoms with Crippen LogP contribution < -0.4 is 22.1 Å². The van der Waals surface area contributed by atoms with Crippen molar-refractivity contribution in [2.24, 2.45) is 5.73 Å². The minimum atomic E-state index is -4.65. The van der Waals surface area contributed by atoms with E-state index in [0.717, 1.165) is 12.1 Å². The van der Waals surface area contributed by atoms with Crippen molar-refractivity contribution in [2.75, 3.05) is 11.1 Å². The van der Waals surface area contributed by atoms with Crippen LogP contribution in [0.1, 0.15) is 21.6 Å². The second kappa shape index (κ2) is 9.10. The lowest BCUT2D eigenvalue weighted by atomic mass is 10.1. The summed E-state index contributed by atoms with van der Waals surface area (Å²) < 4.78 is 38.8. The number of primary amides is 1. The van der Waals surface area contributed by atoms with Gasteiger partial charge in [-0.05, 0) is 29.8 Å². The highest BCUT2D eigenvalue weighted by atomic mass is 35.5. The van der Waals surface area contributed by atoms with Gasteiger partial charge in [-0.2, -0.15) is 13.2 Å². The number of benzene rings is 2. The molecule has 0 unspecified atom stereocenters. The van der Waals surface area contributed by atoms with Crippen LogP contribution in [0.4, 0.5) is 29.5 Å². The zero-order valence-electron chi connectivity index (χ0n) is 16.2. The number of anilines is 2. The quantitative estimate of drug-likeness (QED) is 0.455. The monoisotopic (exact) mass is 464 g/mol. The zero-order chi connectivity index (χ0) is 23.5. The Hall–Kier alpha value is -3.86. The number of carbonyl (C=O) groups is 2. The number of alkyl halides is 3. The minimum Gasteiger partial charge on any atom is -0.382 e. The number of urea groups is 1. The Morgan fingerprint density at radius 1 is 1.12 bits per heavy atom. The third-order valence-electron chi connectivity index (χ3n) is 4.24. The van der Waals surface area contributed by atoms with Crippen molar-refractivity contribution in [1.29, 1.82) is 0 Å². The van der Waals surface area contributed by atoms with E-state index in [1.807, 2.05) is 0 Å². The summed E-state index contributed by atoms with van der Waals surface area (Å²) in [6.07, 6.45) is -3.27. The molecule has 0 bridgehead atoms. The number of rotatable bonds is 5. The van der Waals surface area contributed by atoms with Gasteiger partial charge in [0.25, 0.3) is 5.91 Å². The summed E-state index contributed by atoms with van der Waals surface area (Å²) in [4.78, 5) is 31.5. The van der Waals surface area contributed by atoms with Crippen molar-refractivity contribution < 1.29 is 22.8 Å². The maximum absolute atomic E-state index is 12.9. The molecule has 0 aliphatic rings. The van der Waals surface area contributed by atoms with E-state index in [9.17, 15) is 22.8 Å². The molecule has 0 fully saturated rings. The number of hydrogen-bond acceptors (Lipinski definition) is 5. The van der Waals surface area contributed by atoms with Crippen LogP contribution in [-0.2, 0) is 12.7 Å². The summed E-state index contributed by atoms with van der Waals surface area (Å²) in [6, 6.07) is 9.16. The summed E-state index contributed by atoms with van der Waals surface area (Å²) in [7, 11) is 0. The molecule has 0 saturated heterocycles. The Bertz CT molecular complexity index is 1190. The average molecular weight is 465 g/mol. The Morgan fingerprint density at radius 2 is 1.88 bits per heavy atom. The smallest absolute Gasteiger partial charge is 0.382 e. The molecule has 166 valence electrons. The molecule has 2 aromatic carbocycles. The van der Waals surface area contributed by atoms with E-state index >= 15 is 0 Å². The fourth-order valence-corrected chi connectivity index (χ4v) is 2.96. The Kier molecular flexibility index (Phi) is 6.49. The molecule has 0 spiro atoms. The normalized spacial score (nSPS) is 11.1. The zero-order valence-corrected chi connectivity index (χ0v) is 17.0. The second-order valence-electron chi connectivity index (χ2n) is 6.55. The first kappa shape index (κ1) is 22.8. The fraction of sp³-hybridized carbons (Fsp3) is 0.100. The Balaban J connectivity index is 1.69. The molecule has 0 aliphatic heterocycles. The van der Waals surface area contributed by atoms with Gasteiger partial charge in [0.15, 0.2) is 11.5 Å². The van der Waals surface area contributed by atoms with Crippen molar-refractivity contribution in [1.82, 2.24) is 15.3 Å². The van der Waals surface area contributed by atoms with Gasteiger partial charge in [0.05, 0.1) is 22.5 Å². The van der Waals surface area contributed by atoms with Crippen LogP contribution in [0.15, 0.2) is 48.7 Å². The van der Waals surface area contributed by atoms with Gasteiger partial charge in [-0.1, -0.05) is 29.8 Å². The first-order valence-electron chi connectivity index (χ1n) is 8.98. The van der Waals surface area contributed by atoms with E-state index in [0.29, 0.717) is 16.8 Å². The van der Waals surface area contributed by atoms with Crippen molar-refractivity contribution in [3.8, 4) is 11.3 Å². The number of halogens is 4. The van der Waals surface area contributed by atoms with Crippen LogP contribution in [0.3, 0.4) is 0 Å². The van der Waals surface area contributed by atoms with Crippen LogP contribution in [0.2, 0.25) is 5.02 Å². The van der Waals surface area contributed by atoms with Crippen LogP contribution in [0.25, 0.3) is 11.3 Å². The fourth-order valence-electron chi connectivity index (χ4n) is 2.74. The van der Waals surface area contributed by atoms with Crippen molar-refractivity contribution in [3.05, 3.63) is 70.5 Å². The first-order chi connectivity index (χ1) is 15.0. The van der Waals surface area contributed by atoms with E-state index in [2.05, 4.69) is 20.6 Å². The molecule has 3 rings (SSSR count). The summed E-state index contributed by atoms with van der Waals surface area (Å²) in [5, 5.41) is 4.40. The minimum absolute atomic E-state index is 0.0600. The van der Waals surface area contributed by atoms with Gasteiger partial charge < -0.3 is 22.1 Å². The van der Waals surface area contributed by atoms with Crippen LogP contribution in [0.5, 0.6) is 0 Å². The van der Waals surface area contributed by atoms with Crippen molar-refractivity contribution in [3.63, 3.8) is 0 Å². The van der Waals surface area contributed by atoms with Gasteiger partial charge in [0.1, 0.15) is 0 Å². The highest BCUT2D eigenvalue weighted by Crippen LogP contribution is 2.36. The molecule has 1 heterocycles. The molecule has 0 radical (unpaired) electrons. The first-order valence-corrected chi connectivity index (χ1v) is 9.35. The molecule has 32 heavy (non-hydrogen) atoms. The number of amides is 3. The largest absolute Gasteiger partial charge is 0.417 e. The second-order valence-corrected chi connectivity index (χ2v) is 6.96. The molecule has 8 nitrogen and oxygen atoms in total. The van der Waals surface area contributed by atoms with Gasteiger partial charge in [-0.25, -0.2) is 14.8 Å². The van der Waals surface area contributed by atoms with Gasteiger partial charge in [-0.15, -0.1) is 0 Å². The average Bonchev–Trinajstić information content (AvgIpc) is 2.73. The van der Waals surface area contributed by atoms with Crippen molar-refractivity contribution >= 4 is 35.0 Å². The van der Waals surface area contributed by atoms with Crippen molar-refractivity contribution in [2.45, 2.75) is 12.7 Å². The summed E-state index contributed by atoms with van der Waals surface area (Å²) in [5.74, 6) is -0.908. The lowest BCUT2D eigenvalue weighted by molar-refractivity contribution is -0.137. The number of nitrogens with zero attached hydrogens (tertiary/aromatic N) is 2. The molecular formula is C20H16ClF3N6O2. The highest BCUT2D eigenvalue weighted by Gasteiger charge is 2.33. The predicted octanol–water partition coefficient (Wildman–Crippen LogP) is 3.82. The summed E-state index contributed by atoms with van der Waals surface area (Å²) >= 11 is 5.57. The van der Waals surface area contributed by atoms with E-state index in [1.54, 1.807) is 24.3 Å².